The minimum atomic E-state index is 0.201. The first-order valence-corrected chi connectivity index (χ1v) is 7.24. The maximum atomic E-state index is 5.90. The summed E-state index contributed by atoms with van der Waals surface area (Å²) in [4.78, 5) is 4.43. The van der Waals surface area contributed by atoms with Crippen LogP contribution in [0.5, 0.6) is 0 Å². The zero-order chi connectivity index (χ0) is 14.7. The number of benzene rings is 1. The molecule has 2 rings (SSSR count). The topological polar surface area (TPSA) is 24.9 Å². The molecule has 2 nitrogen and oxygen atoms in total. The molecule has 1 aromatic heterocycles. The van der Waals surface area contributed by atoms with E-state index in [-0.39, 0.29) is 6.04 Å². The van der Waals surface area contributed by atoms with Crippen LogP contribution in [0.25, 0.3) is 0 Å². The monoisotopic (exact) mass is 288 g/mol. The van der Waals surface area contributed by atoms with Crippen molar-refractivity contribution in [2.45, 2.75) is 33.2 Å². The van der Waals surface area contributed by atoms with Crippen molar-refractivity contribution in [3.63, 3.8) is 0 Å². The van der Waals surface area contributed by atoms with E-state index in [0.717, 1.165) is 12.1 Å². The largest absolute Gasteiger partial charge is 0.311 e. The van der Waals surface area contributed by atoms with Crippen LogP contribution in [0.4, 0.5) is 0 Å². The van der Waals surface area contributed by atoms with Crippen LogP contribution in [-0.2, 0) is 6.42 Å². The summed E-state index contributed by atoms with van der Waals surface area (Å²) in [7, 11) is 1.97. The van der Waals surface area contributed by atoms with Crippen LogP contribution in [0.15, 0.2) is 30.5 Å². The Morgan fingerprint density at radius 3 is 2.30 bits per heavy atom. The van der Waals surface area contributed by atoms with Crippen molar-refractivity contribution in [1.82, 2.24) is 10.3 Å². The van der Waals surface area contributed by atoms with Gasteiger partial charge < -0.3 is 5.32 Å². The predicted molar refractivity (Wildman–Crippen MR) is 85.4 cm³/mol. The van der Waals surface area contributed by atoms with Gasteiger partial charge in [-0.2, -0.15) is 0 Å². The van der Waals surface area contributed by atoms with Gasteiger partial charge in [0, 0.05) is 6.20 Å². The first kappa shape index (κ1) is 15.0. The predicted octanol–water partition coefficient (Wildman–Crippen LogP) is 4.16. The van der Waals surface area contributed by atoms with Crippen molar-refractivity contribution in [3.8, 4) is 0 Å². The third-order valence-corrected chi connectivity index (χ3v) is 3.93. The lowest BCUT2D eigenvalue weighted by Crippen LogP contribution is -2.20. The number of likely N-dealkylation sites (N-methyl/N-ethyl adjacent to an activating group) is 1. The molecule has 0 aliphatic rings. The van der Waals surface area contributed by atoms with Gasteiger partial charge in [-0.05, 0) is 63.1 Å². The Balaban J connectivity index is 2.29. The van der Waals surface area contributed by atoms with Gasteiger partial charge in [-0.3, -0.25) is 4.98 Å². The van der Waals surface area contributed by atoms with Gasteiger partial charge in [-0.25, -0.2) is 0 Å². The molecule has 20 heavy (non-hydrogen) atoms. The van der Waals surface area contributed by atoms with Gasteiger partial charge in [-0.1, -0.05) is 29.3 Å². The molecule has 0 amide bonds. The molecule has 0 radical (unpaired) electrons. The Morgan fingerprint density at radius 1 is 1.15 bits per heavy atom. The fourth-order valence-corrected chi connectivity index (χ4v) is 2.80. The van der Waals surface area contributed by atoms with E-state index in [4.69, 9.17) is 11.6 Å². The Labute approximate surface area is 126 Å². The van der Waals surface area contributed by atoms with Crippen molar-refractivity contribution >= 4 is 11.6 Å². The number of aromatic nitrogens is 1. The maximum absolute atomic E-state index is 5.90. The van der Waals surface area contributed by atoms with Gasteiger partial charge in [0.05, 0.1) is 16.8 Å². The lowest BCUT2D eigenvalue weighted by molar-refractivity contribution is 0.573. The van der Waals surface area contributed by atoms with Crippen LogP contribution in [0.3, 0.4) is 0 Å². The van der Waals surface area contributed by atoms with E-state index in [1.54, 1.807) is 6.20 Å². The molecule has 1 atom stereocenters. The van der Waals surface area contributed by atoms with E-state index in [0.29, 0.717) is 5.02 Å². The van der Waals surface area contributed by atoms with E-state index in [2.05, 4.69) is 43.2 Å². The number of pyridine rings is 1. The molecular formula is C17H21ClN2. The fourth-order valence-electron chi connectivity index (χ4n) is 2.68. The molecule has 0 saturated heterocycles. The van der Waals surface area contributed by atoms with E-state index in [1.165, 1.54) is 22.3 Å². The zero-order valence-corrected chi connectivity index (χ0v) is 13.3. The molecular weight excluding hydrogens is 268 g/mol. The summed E-state index contributed by atoms with van der Waals surface area (Å²) in [5, 5.41) is 4.02. The molecule has 1 N–H and O–H groups in total. The first-order valence-electron chi connectivity index (χ1n) is 6.86. The van der Waals surface area contributed by atoms with Crippen molar-refractivity contribution in [2.75, 3.05) is 7.05 Å². The van der Waals surface area contributed by atoms with E-state index in [9.17, 15) is 0 Å². The average Bonchev–Trinajstić information content (AvgIpc) is 2.39. The second-order valence-electron chi connectivity index (χ2n) is 5.32. The third-order valence-electron chi connectivity index (χ3n) is 3.70. The molecule has 1 heterocycles. The van der Waals surface area contributed by atoms with Crippen LogP contribution in [0, 0.1) is 20.8 Å². The highest BCUT2D eigenvalue weighted by atomic mass is 35.5. The van der Waals surface area contributed by atoms with Crippen molar-refractivity contribution in [3.05, 3.63) is 63.4 Å². The van der Waals surface area contributed by atoms with E-state index in [1.807, 2.05) is 19.2 Å². The van der Waals surface area contributed by atoms with Crippen LogP contribution < -0.4 is 5.32 Å². The van der Waals surface area contributed by atoms with Crippen molar-refractivity contribution < 1.29 is 0 Å². The van der Waals surface area contributed by atoms with Crippen LogP contribution >= 0.6 is 11.6 Å². The number of halogens is 1. The Bertz CT molecular complexity index is 567. The molecule has 0 bridgehead atoms. The Kier molecular flexibility index (Phi) is 4.79. The Hall–Kier alpha value is -1.38. The normalized spacial score (nSPS) is 12.4. The summed E-state index contributed by atoms with van der Waals surface area (Å²) >= 11 is 5.90. The number of nitrogens with one attached hydrogen (secondary N) is 1. The lowest BCUT2D eigenvalue weighted by Gasteiger charge is -2.19. The maximum Gasteiger partial charge on any atom is 0.0589 e. The molecule has 1 aromatic carbocycles. The standard InChI is InChI=1S/C17H21ClN2/c1-11-7-12(2)15(13(3)8-11)9-17(19-4)16-6-5-14(18)10-20-16/h5-8,10,17,19H,9H2,1-4H3. The van der Waals surface area contributed by atoms with Gasteiger partial charge in [-0.15, -0.1) is 0 Å². The molecule has 0 saturated carbocycles. The molecule has 1 unspecified atom stereocenters. The van der Waals surface area contributed by atoms with Gasteiger partial charge in [0.15, 0.2) is 0 Å². The van der Waals surface area contributed by atoms with Crippen LogP contribution in [0.1, 0.15) is 34.0 Å². The highest BCUT2D eigenvalue weighted by Gasteiger charge is 2.14. The molecule has 0 fully saturated rings. The highest BCUT2D eigenvalue weighted by molar-refractivity contribution is 6.30. The SMILES string of the molecule is CNC(Cc1c(C)cc(C)cc1C)c1ccc(Cl)cn1. The van der Waals surface area contributed by atoms with Gasteiger partial charge in [0.25, 0.3) is 0 Å². The van der Waals surface area contributed by atoms with Crippen LogP contribution in [-0.4, -0.2) is 12.0 Å². The molecule has 0 aliphatic carbocycles. The number of hydrogen-bond acceptors (Lipinski definition) is 2. The third kappa shape index (κ3) is 3.38. The molecule has 0 spiro atoms. The lowest BCUT2D eigenvalue weighted by atomic mass is 9.93. The summed E-state index contributed by atoms with van der Waals surface area (Å²) in [6, 6.07) is 8.56. The molecule has 0 aliphatic heterocycles. The summed E-state index contributed by atoms with van der Waals surface area (Å²) in [5.74, 6) is 0. The second kappa shape index (κ2) is 6.38. The number of aryl methyl sites for hydroxylation is 3. The zero-order valence-electron chi connectivity index (χ0n) is 12.5. The first-order chi connectivity index (χ1) is 9.51. The molecule has 106 valence electrons. The number of nitrogens with zero attached hydrogens (tertiary/aromatic N) is 1. The summed E-state index contributed by atoms with van der Waals surface area (Å²) in [6.45, 7) is 6.49. The van der Waals surface area contributed by atoms with E-state index >= 15 is 0 Å². The minimum Gasteiger partial charge on any atom is -0.311 e. The van der Waals surface area contributed by atoms with Crippen molar-refractivity contribution in [1.29, 1.82) is 0 Å². The molecule has 3 heteroatoms. The van der Waals surface area contributed by atoms with Crippen LogP contribution in [0.2, 0.25) is 5.02 Å². The highest BCUT2D eigenvalue weighted by Crippen LogP contribution is 2.23. The summed E-state index contributed by atoms with van der Waals surface area (Å²) in [6.07, 6.45) is 2.64. The Morgan fingerprint density at radius 2 is 1.80 bits per heavy atom. The molecule has 2 aromatic rings. The quantitative estimate of drug-likeness (QED) is 0.913. The number of hydrogen-bond donors (Lipinski definition) is 1. The average molecular weight is 289 g/mol. The van der Waals surface area contributed by atoms with Gasteiger partial charge >= 0.3 is 0 Å². The smallest absolute Gasteiger partial charge is 0.0589 e. The summed E-state index contributed by atoms with van der Waals surface area (Å²) in [5.41, 5.74) is 6.42. The van der Waals surface area contributed by atoms with Crippen molar-refractivity contribution in [2.24, 2.45) is 0 Å². The van der Waals surface area contributed by atoms with E-state index < -0.39 is 0 Å². The summed E-state index contributed by atoms with van der Waals surface area (Å²) < 4.78 is 0. The minimum absolute atomic E-state index is 0.201. The van der Waals surface area contributed by atoms with Gasteiger partial charge in [0.1, 0.15) is 0 Å². The van der Waals surface area contributed by atoms with Gasteiger partial charge in [0.2, 0.25) is 0 Å². The number of rotatable bonds is 4. The fraction of sp³-hybridized carbons (Fsp3) is 0.353. The second-order valence-corrected chi connectivity index (χ2v) is 5.76.